The SMILES string of the molecule is CCCc1c(Cc2ccc(-c3ccccc3C#N)c(C)c2)c(=O)n([C@H]2CC[C@H](O)CC2)c2ccnn12. The summed E-state index contributed by atoms with van der Waals surface area (Å²) in [6.07, 6.45) is 6.75. The quantitative estimate of drug-likeness (QED) is 0.403. The lowest BCUT2D eigenvalue weighted by molar-refractivity contribution is 0.110. The molecule has 1 N–H and O–H groups in total. The molecule has 0 atom stereocenters. The molecule has 6 heteroatoms. The Balaban J connectivity index is 1.59. The van der Waals surface area contributed by atoms with Gasteiger partial charge < -0.3 is 5.11 Å². The van der Waals surface area contributed by atoms with E-state index >= 15 is 0 Å². The third kappa shape index (κ3) is 4.36. The number of aromatic nitrogens is 3. The van der Waals surface area contributed by atoms with Crippen molar-refractivity contribution in [3.8, 4) is 17.2 Å². The van der Waals surface area contributed by atoms with Crippen LogP contribution in [0.2, 0.25) is 0 Å². The van der Waals surface area contributed by atoms with E-state index < -0.39 is 0 Å². The lowest BCUT2D eigenvalue weighted by atomic mass is 9.92. The second kappa shape index (κ2) is 10.1. The highest BCUT2D eigenvalue weighted by Crippen LogP contribution is 2.31. The average molecular weight is 481 g/mol. The minimum absolute atomic E-state index is 0.0596. The fourth-order valence-electron chi connectivity index (χ4n) is 5.69. The maximum Gasteiger partial charge on any atom is 0.257 e. The molecular formula is C30H32N4O2. The molecule has 2 aromatic carbocycles. The molecule has 0 unspecified atom stereocenters. The minimum atomic E-state index is -0.274. The van der Waals surface area contributed by atoms with Crippen LogP contribution in [0.25, 0.3) is 16.8 Å². The Morgan fingerprint density at radius 3 is 2.58 bits per heavy atom. The monoisotopic (exact) mass is 480 g/mol. The Labute approximate surface area is 211 Å². The topological polar surface area (TPSA) is 83.3 Å². The second-order valence-corrected chi connectivity index (χ2v) is 9.90. The zero-order valence-electron chi connectivity index (χ0n) is 20.9. The lowest BCUT2D eigenvalue weighted by Gasteiger charge is -2.29. The predicted octanol–water partition coefficient (Wildman–Crippen LogP) is 5.36. The van der Waals surface area contributed by atoms with E-state index in [1.165, 1.54) is 0 Å². The van der Waals surface area contributed by atoms with Gasteiger partial charge in [-0.15, -0.1) is 0 Å². The van der Waals surface area contributed by atoms with Crippen LogP contribution in [0.1, 0.15) is 73.0 Å². The molecule has 0 radical (unpaired) electrons. The molecule has 184 valence electrons. The van der Waals surface area contributed by atoms with E-state index in [1.54, 1.807) is 6.20 Å². The highest BCUT2D eigenvalue weighted by molar-refractivity contribution is 5.73. The van der Waals surface area contributed by atoms with Gasteiger partial charge in [0.2, 0.25) is 0 Å². The predicted molar refractivity (Wildman–Crippen MR) is 141 cm³/mol. The average Bonchev–Trinajstić information content (AvgIpc) is 3.37. The number of aliphatic hydroxyl groups is 1. The molecule has 5 rings (SSSR count). The Hall–Kier alpha value is -3.69. The first-order chi connectivity index (χ1) is 17.5. The Morgan fingerprint density at radius 1 is 1.08 bits per heavy atom. The number of aryl methyl sites for hydroxylation is 2. The van der Waals surface area contributed by atoms with Crippen molar-refractivity contribution in [2.45, 2.75) is 70.9 Å². The summed E-state index contributed by atoms with van der Waals surface area (Å²) in [7, 11) is 0. The number of nitriles is 1. The van der Waals surface area contributed by atoms with E-state index in [1.807, 2.05) is 39.4 Å². The summed E-state index contributed by atoms with van der Waals surface area (Å²) in [5, 5.41) is 24.2. The first kappa shape index (κ1) is 24.0. The van der Waals surface area contributed by atoms with E-state index in [9.17, 15) is 15.2 Å². The Kier molecular flexibility index (Phi) is 6.75. The second-order valence-electron chi connectivity index (χ2n) is 9.90. The van der Waals surface area contributed by atoms with Gasteiger partial charge in [0.1, 0.15) is 5.65 Å². The van der Waals surface area contributed by atoms with E-state index in [4.69, 9.17) is 0 Å². The number of hydrogen-bond donors (Lipinski definition) is 1. The minimum Gasteiger partial charge on any atom is -0.393 e. The van der Waals surface area contributed by atoms with E-state index in [2.05, 4.69) is 43.2 Å². The summed E-state index contributed by atoms with van der Waals surface area (Å²) in [4.78, 5) is 14.0. The van der Waals surface area contributed by atoms with Crippen molar-refractivity contribution in [2.24, 2.45) is 0 Å². The standard InChI is InChI=1S/C30H32N4O2/c1-3-6-28-27(18-21-9-14-25(20(2)17-21)26-8-5-4-7-22(26)19-31)30(36)33(29-15-16-32-34(28)29)23-10-12-24(35)13-11-23/h4-5,7-9,14-17,23-24,35H,3,6,10-13,18H2,1-2H3/t23-,24-. The highest BCUT2D eigenvalue weighted by Gasteiger charge is 2.26. The molecule has 0 aliphatic heterocycles. The maximum absolute atomic E-state index is 14.0. The third-order valence-corrected chi connectivity index (χ3v) is 7.48. The first-order valence-electron chi connectivity index (χ1n) is 12.9. The summed E-state index contributed by atoms with van der Waals surface area (Å²) in [6.45, 7) is 4.18. The fraction of sp³-hybridized carbons (Fsp3) is 0.367. The van der Waals surface area contributed by atoms with Crippen LogP contribution in [0.15, 0.2) is 59.5 Å². The number of benzene rings is 2. The zero-order valence-corrected chi connectivity index (χ0v) is 20.9. The third-order valence-electron chi connectivity index (χ3n) is 7.48. The molecule has 36 heavy (non-hydrogen) atoms. The van der Waals surface area contributed by atoms with Crippen molar-refractivity contribution in [2.75, 3.05) is 0 Å². The zero-order chi connectivity index (χ0) is 25.2. The van der Waals surface area contributed by atoms with Gasteiger partial charge in [0.25, 0.3) is 5.56 Å². The van der Waals surface area contributed by atoms with Gasteiger partial charge >= 0.3 is 0 Å². The Bertz CT molecular complexity index is 1500. The molecule has 1 aliphatic carbocycles. The number of aliphatic hydroxyl groups excluding tert-OH is 1. The molecular weight excluding hydrogens is 448 g/mol. The summed E-state index contributed by atoms with van der Waals surface area (Å²) in [5.74, 6) is 0. The van der Waals surface area contributed by atoms with Crippen LogP contribution in [0.5, 0.6) is 0 Å². The number of nitrogens with zero attached hydrogens (tertiary/aromatic N) is 4. The molecule has 0 spiro atoms. The van der Waals surface area contributed by atoms with Crippen molar-refractivity contribution in [3.05, 3.63) is 93.0 Å². The van der Waals surface area contributed by atoms with Crippen molar-refractivity contribution in [3.63, 3.8) is 0 Å². The molecule has 1 aliphatic rings. The van der Waals surface area contributed by atoms with Crippen LogP contribution in [-0.2, 0) is 12.8 Å². The Morgan fingerprint density at radius 2 is 1.86 bits per heavy atom. The van der Waals surface area contributed by atoms with Crippen molar-refractivity contribution in [1.29, 1.82) is 5.26 Å². The summed E-state index contributed by atoms with van der Waals surface area (Å²) >= 11 is 0. The number of hydrogen-bond acceptors (Lipinski definition) is 4. The maximum atomic E-state index is 14.0. The molecule has 4 aromatic rings. The highest BCUT2D eigenvalue weighted by atomic mass is 16.3. The van der Waals surface area contributed by atoms with E-state index in [0.29, 0.717) is 24.8 Å². The van der Waals surface area contributed by atoms with E-state index in [0.717, 1.165) is 64.8 Å². The van der Waals surface area contributed by atoms with Crippen molar-refractivity contribution >= 4 is 5.65 Å². The van der Waals surface area contributed by atoms with E-state index in [-0.39, 0.29) is 17.7 Å². The van der Waals surface area contributed by atoms with Crippen LogP contribution in [0, 0.1) is 18.3 Å². The molecule has 2 heterocycles. The van der Waals surface area contributed by atoms with Gasteiger partial charge in [0.15, 0.2) is 0 Å². The van der Waals surface area contributed by atoms with Gasteiger partial charge in [-0.05, 0) is 67.3 Å². The van der Waals surface area contributed by atoms with Crippen LogP contribution in [-0.4, -0.2) is 25.4 Å². The summed E-state index contributed by atoms with van der Waals surface area (Å²) < 4.78 is 3.88. The molecule has 1 fully saturated rings. The summed E-state index contributed by atoms with van der Waals surface area (Å²) in [6, 6.07) is 18.2. The molecule has 2 aromatic heterocycles. The fourth-order valence-corrected chi connectivity index (χ4v) is 5.69. The normalized spacial score (nSPS) is 17.8. The number of fused-ring (bicyclic) bond motifs is 1. The summed E-state index contributed by atoms with van der Waals surface area (Å²) in [5.41, 5.74) is 7.43. The van der Waals surface area contributed by atoms with Crippen LogP contribution < -0.4 is 5.56 Å². The molecule has 0 saturated heterocycles. The largest absolute Gasteiger partial charge is 0.393 e. The van der Waals surface area contributed by atoms with Gasteiger partial charge in [-0.25, -0.2) is 4.52 Å². The molecule has 0 amide bonds. The van der Waals surface area contributed by atoms with Crippen LogP contribution >= 0.6 is 0 Å². The first-order valence-corrected chi connectivity index (χ1v) is 12.9. The molecule has 1 saturated carbocycles. The van der Waals surface area contributed by atoms with Crippen molar-refractivity contribution < 1.29 is 5.11 Å². The van der Waals surface area contributed by atoms with Crippen LogP contribution in [0.4, 0.5) is 0 Å². The van der Waals surface area contributed by atoms with Gasteiger partial charge in [0, 0.05) is 24.1 Å². The van der Waals surface area contributed by atoms with Gasteiger partial charge in [-0.3, -0.25) is 9.36 Å². The van der Waals surface area contributed by atoms with Gasteiger partial charge in [-0.1, -0.05) is 49.7 Å². The number of rotatable bonds is 6. The van der Waals surface area contributed by atoms with Crippen LogP contribution in [0.3, 0.4) is 0 Å². The van der Waals surface area contributed by atoms with Gasteiger partial charge in [-0.2, -0.15) is 10.4 Å². The molecule has 0 bridgehead atoms. The van der Waals surface area contributed by atoms with Gasteiger partial charge in [0.05, 0.1) is 29.6 Å². The molecule has 6 nitrogen and oxygen atoms in total. The van der Waals surface area contributed by atoms with Crippen molar-refractivity contribution in [1.82, 2.24) is 14.2 Å². The lowest BCUT2D eigenvalue weighted by Crippen LogP contribution is -2.34. The smallest absolute Gasteiger partial charge is 0.257 e.